The molecule has 0 N–H and O–H groups in total. The van der Waals surface area contributed by atoms with Crippen LogP contribution in [0.4, 0.5) is 22.7 Å². The number of rotatable bonds is 4. The van der Waals surface area contributed by atoms with E-state index < -0.39 is 0 Å². The summed E-state index contributed by atoms with van der Waals surface area (Å²) < 4.78 is 3.96. The van der Waals surface area contributed by atoms with Gasteiger partial charge in [-0.15, -0.1) is 11.4 Å². The number of hydrogen-bond acceptors (Lipinski definition) is 0. The Balaban J connectivity index is 0.000000176. The molecule has 4 aromatic carbocycles. The topological polar surface area (TPSA) is 20.1 Å². The molecular formula is C27H22AuN3+2. The van der Waals surface area contributed by atoms with E-state index in [4.69, 9.17) is 0 Å². The van der Waals surface area contributed by atoms with Crippen LogP contribution >= 0.6 is 0 Å². The van der Waals surface area contributed by atoms with Crippen molar-refractivity contribution in [2.45, 2.75) is 0 Å². The zero-order valence-electron chi connectivity index (χ0n) is 16.8. The molecule has 0 fully saturated rings. The summed E-state index contributed by atoms with van der Waals surface area (Å²) in [6.07, 6.45) is 4.00. The largest absolute Gasteiger partial charge is 1.00 e. The summed E-state index contributed by atoms with van der Waals surface area (Å²) in [5.74, 6) is 0. The second-order valence-corrected chi connectivity index (χ2v) is 6.59. The molecule has 5 rings (SSSR count). The fourth-order valence-corrected chi connectivity index (χ4v) is 2.93. The van der Waals surface area contributed by atoms with E-state index in [1.807, 2.05) is 119 Å². The summed E-state index contributed by atoms with van der Waals surface area (Å²) in [5, 5.41) is 4.44. The first-order valence-electron chi connectivity index (χ1n) is 9.83. The molecule has 1 aliphatic rings. The van der Waals surface area contributed by atoms with Crippen LogP contribution in [0.15, 0.2) is 134 Å². The molecule has 1 heterocycles. The zero-order chi connectivity index (χ0) is 20.4. The van der Waals surface area contributed by atoms with E-state index in [-0.39, 0.29) is 22.4 Å². The van der Waals surface area contributed by atoms with Gasteiger partial charge in [-0.1, -0.05) is 106 Å². The van der Waals surface area contributed by atoms with E-state index in [9.17, 15) is 0 Å². The fourth-order valence-electron chi connectivity index (χ4n) is 2.93. The van der Waals surface area contributed by atoms with E-state index in [2.05, 4.69) is 35.6 Å². The Hall–Kier alpha value is -3.46. The third kappa shape index (κ3) is 6.51. The van der Waals surface area contributed by atoms with Crippen molar-refractivity contribution < 1.29 is 31.5 Å². The maximum absolute atomic E-state index is 4.44. The first-order chi connectivity index (χ1) is 14.9. The monoisotopic (exact) mass is 585 g/mol. The molecular weight excluding hydrogens is 563 g/mol. The van der Waals surface area contributed by atoms with Crippen LogP contribution in [0.5, 0.6) is 0 Å². The summed E-state index contributed by atoms with van der Waals surface area (Å²) in [6, 6.07) is 43.5. The van der Waals surface area contributed by atoms with Gasteiger partial charge in [0.2, 0.25) is 11.4 Å². The minimum absolute atomic E-state index is 0. The quantitative estimate of drug-likeness (QED) is 0.176. The third-order valence-electron chi connectivity index (χ3n) is 4.42. The standard InChI is InChI=1S/C15H12N2.C12H10N.Au/c1-3-7-14(8-4-1)16-11-12-17(13-16)15-9-5-2-6-10-15;1-3-7-11(8-4-1)13-12-9-5-2-6-10-12;/h1-12H;1-10H;/q+2;-1;+1. The predicted molar refractivity (Wildman–Crippen MR) is 122 cm³/mol. The number of nitrogens with zero attached hydrogens (tertiary/aromatic N) is 3. The molecule has 0 aromatic heterocycles. The van der Waals surface area contributed by atoms with Crippen molar-refractivity contribution in [3.63, 3.8) is 0 Å². The first kappa shape index (κ1) is 22.2. The van der Waals surface area contributed by atoms with Gasteiger partial charge in [-0.3, -0.25) is 0 Å². The molecule has 0 radical (unpaired) electrons. The van der Waals surface area contributed by atoms with Crippen LogP contribution in [0.1, 0.15) is 0 Å². The normalized spacial score (nSPS) is 11.4. The van der Waals surface area contributed by atoms with Crippen LogP contribution in [0.3, 0.4) is 0 Å². The summed E-state index contributed by atoms with van der Waals surface area (Å²) in [5.41, 5.74) is 4.21. The van der Waals surface area contributed by atoms with Crippen molar-refractivity contribution in [1.82, 2.24) is 0 Å². The van der Waals surface area contributed by atoms with Crippen molar-refractivity contribution in [2.75, 3.05) is 0 Å². The summed E-state index contributed by atoms with van der Waals surface area (Å²) in [6.45, 7) is 0. The van der Waals surface area contributed by atoms with Gasteiger partial charge in [0.05, 0.1) is 0 Å². The van der Waals surface area contributed by atoms with Gasteiger partial charge < -0.3 is 5.32 Å². The van der Waals surface area contributed by atoms with E-state index >= 15 is 0 Å². The average molecular weight is 585 g/mol. The van der Waals surface area contributed by atoms with Crippen molar-refractivity contribution in [2.24, 2.45) is 0 Å². The van der Waals surface area contributed by atoms with E-state index in [1.165, 1.54) is 0 Å². The maximum Gasteiger partial charge on any atom is 1.00 e. The SMILES string of the molecule is C1=[N+](c2ccccc2)C=C[N+]=1c1ccccc1.[Au+].c1ccc([N-]c2ccccc2)cc1. The smallest absolute Gasteiger partial charge is 0.658 e. The van der Waals surface area contributed by atoms with E-state index in [1.54, 1.807) is 0 Å². The summed E-state index contributed by atoms with van der Waals surface area (Å²) in [7, 11) is 0. The van der Waals surface area contributed by atoms with Crippen LogP contribution in [0.2, 0.25) is 0 Å². The van der Waals surface area contributed by atoms with Crippen LogP contribution < -0.4 is 0 Å². The van der Waals surface area contributed by atoms with Gasteiger partial charge in [0.1, 0.15) is 0 Å². The number of benzene rings is 4. The van der Waals surface area contributed by atoms with Crippen LogP contribution in [0, 0.1) is 0 Å². The van der Waals surface area contributed by atoms with Crippen molar-refractivity contribution >= 4 is 28.8 Å². The second-order valence-electron chi connectivity index (χ2n) is 6.59. The molecule has 0 amide bonds. The molecule has 0 unspecified atom stereocenters. The maximum atomic E-state index is 4.44. The van der Waals surface area contributed by atoms with Gasteiger partial charge in [-0.2, -0.15) is 0 Å². The molecule has 0 saturated carbocycles. The van der Waals surface area contributed by atoms with Crippen molar-refractivity contribution in [1.29, 1.82) is 0 Å². The molecule has 4 aromatic rings. The Bertz CT molecular complexity index is 1080. The van der Waals surface area contributed by atoms with Crippen molar-refractivity contribution in [3.8, 4) is 0 Å². The number of para-hydroxylation sites is 4. The van der Waals surface area contributed by atoms with Gasteiger partial charge in [0.15, 0.2) is 0 Å². The minimum Gasteiger partial charge on any atom is -0.658 e. The molecule has 3 nitrogen and oxygen atoms in total. The molecule has 0 saturated heterocycles. The molecule has 31 heavy (non-hydrogen) atoms. The summed E-state index contributed by atoms with van der Waals surface area (Å²) in [4.78, 5) is 0. The second kappa shape index (κ2) is 11.7. The average Bonchev–Trinajstić information content (AvgIpc) is 3.33. The molecule has 4 heteroatoms. The van der Waals surface area contributed by atoms with Crippen molar-refractivity contribution in [3.05, 3.63) is 139 Å². The first-order valence-corrected chi connectivity index (χ1v) is 9.83. The zero-order valence-corrected chi connectivity index (χ0v) is 19.0. The summed E-state index contributed by atoms with van der Waals surface area (Å²) >= 11 is 0. The fraction of sp³-hybridized carbons (Fsp3) is 0. The molecule has 0 atom stereocenters. The van der Waals surface area contributed by atoms with Crippen LogP contribution in [0.25, 0.3) is 5.32 Å². The molecule has 0 aliphatic carbocycles. The van der Waals surface area contributed by atoms with Gasteiger partial charge in [0.25, 0.3) is 12.4 Å². The Morgan fingerprint density at radius 1 is 0.452 bits per heavy atom. The Morgan fingerprint density at radius 2 is 0.774 bits per heavy atom. The van der Waals surface area contributed by atoms with E-state index in [0.717, 1.165) is 22.7 Å². The number of hydrogen-bond donors (Lipinski definition) is 0. The Morgan fingerprint density at radius 3 is 1.13 bits per heavy atom. The minimum atomic E-state index is 0. The van der Waals surface area contributed by atoms with Gasteiger partial charge in [0, 0.05) is 24.3 Å². The third-order valence-corrected chi connectivity index (χ3v) is 4.42. The van der Waals surface area contributed by atoms with E-state index in [0.29, 0.717) is 0 Å². The molecule has 0 spiro atoms. The predicted octanol–water partition coefficient (Wildman–Crippen LogP) is 7.35. The molecule has 1 aliphatic heterocycles. The molecule has 154 valence electrons. The Labute approximate surface area is 198 Å². The van der Waals surface area contributed by atoms with Crippen LogP contribution in [-0.4, -0.2) is 15.2 Å². The van der Waals surface area contributed by atoms with Crippen LogP contribution in [-0.2, 0) is 22.4 Å². The van der Waals surface area contributed by atoms with Gasteiger partial charge in [-0.05, 0) is 0 Å². The van der Waals surface area contributed by atoms with Gasteiger partial charge >= 0.3 is 28.4 Å². The Kier molecular flexibility index (Phi) is 8.36. The molecule has 0 bridgehead atoms. The van der Waals surface area contributed by atoms with Gasteiger partial charge in [-0.25, -0.2) is 0 Å².